The first-order valence-electron chi connectivity index (χ1n) is 6.07. The minimum atomic E-state index is -0.596. The second-order valence-electron chi connectivity index (χ2n) is 4.41. The first-order chi connectivity index (χ1) is 9.66. The van der Waals surface area contributed by atoms with E-state index < -0.39 is 6.03 Å². The number of fused-ring (bicyclic) bond motifs is 1. The number of nitrogens with zero attached hydrogens (tertiary/aromatic N) is 4. The zero-order chi connectivity index (χ0) is 14.1. The normalized spacial score (nSPS) is 10.7. The van der Waals surface area contributed by atoms with E-state index >= 15 is 0 Å². The average Bonchev–Trinajstić information content (AvgIpc) is 2.81. The molecule has 0 bridgehead atoms. The van der Waals surface area contributed by atoms with E-state index in [2.05, 4.69) is 9.97 Å². The highest BCUT2D eigenvalue weighted by molar-refractivity contribution is 5.99. The summed E-state index contributed by atoms with van der Waals surface area (Å²) in [5.74, 6) is 0.398. The number of primary amides is 1. The van der Waals surface area contributed by atoms with E-state index in [1.54, 1.807) is 6.20 Å². The van der Waals surface area contributed by atoms with Crippen molar-refractivity contribution < 1.29 is 4.79 Å². The monoisotopic (exact) mass is 267 g/mol. The molecular formula is C14H13N5O. The fourth-order valence-corrected chi connectivity index (χ4v) is 2.19. The molecule has 0 unspecified atom stereocenters. The van der Waals surface area contributed by atoms with Crippen LogP contribution in [-0.2, 0) is 7.05 Å². The van der Waals surface area contributed by atoms with Gasteiger partial charge in [0.15, 0.2) is 5.82 Å². The molecule has 100 valence electrons. The number of hydrogen-bond donors (Lipinski definition) is 1. The number of aromatic nitrogens is 3. The summed E-state index contributed by atoms with van der Waals surface area (Å²) < 4.78 is 2.01. The lowest BCUT2D eigenvalue weighted by Crippen LogP contribution is -2.32. The van der Waals surface area contributed by atoms with Gasteiger partial charge in [0.05, 0.1) is 11.9 Å². The van der Waals surface area contributed by atoms with Gasteiger partial charge in [0, 0.05) is 36.5 Å². The molecule has 0 radical (unpaired) electrons. The number of benzene rings is 1. The number of urea groups is 1. The second kappa shape index (κ2) is 4.65. The molecule has 3 rings (SSSR count). The predicted molar refractivity (Wildman–Crippen MR) is 76.7 cm³/mol. The first-order valence-corrected chi connectivity index (χ1v) is 6.07. The molecule has 0 aliphatic rings. The minimum absolute atomic E-state index is 0.398. The quantitative estimate of drug-likeness (QED) is 0.773. The molecular weight excluding hydrogens is 254 g/mol. The van der Waals surface area contributed by atoms with E-state index in [9.17, 15) is 4.79 Å². The Morgan fingerprint density at radius 3 is 2.85 bits per heavy atom. The SMILES string of the molecule is Cn1ccc2cc(N(C(N)=O)c3cnccn3)ccc21. The van der Waals surface area contributed by atoms with Gasteiger partial charge in [-0.2, -0.15) is 0 Å². The zero-order valence-corrected chi connectivity index (χ0v) is 10.9. The van der Waals surface area contributed by atoms with E-state index in [0.717, 1.165) is 10.9 Å². The highest BCUT2D eigenvalue weighted by Crippen LogP contribution is 2.27. The first kappa shape index (κ1) is 12.2. The van der Waals surface area contributed by atoms with Crippen LogP contribution in [0.3, 0.4) is 0 Å². The summed E-state index contributed by atoms with van der Waals surface area (Å²) in [6, 6.07) is 7.06. The Hall–Kier alpha value is -2.89. The van der Waals surface area contributed by atoms with Crippen LogP contribution < -0.4 is 10.6 Å². The summed E-state index contributed by atoms with van der Waals surface area (Å²) in [5.41, 5.74) is 7.21. The van der Waals surface area contributed by atoms with Crippen molar-refractivity contribution >= 4 is 28.4 Å². The zero-order valence-electron chi connectivity index (χ0n) is 10.9. The van der Waals surface area contributed by atoms with Crippen molar-refractivity contribution in [2.45, 2.75) is 0 Å². The molecule has 2 amide bonds. The number of nitrogens with two attached hydrogens (primary N) is 1. The number of carbonyl (C=O) groups excluding carboxylic acids is 1. The van der Waals surface area contributed by atoms with Gasteiger partial charge in [-0.15, -0.1) is 0 Å². The van der Waals surface area contributed by atoms with Crippen molar-refractivity contribution in [3.05, 3.63) is 49.1 Å². The number of rotatable bonds is 2. The smallest absolute Gasteiger partial charge is 0.325 e. The molecule has 2 N–H and O–H groups in total. The maximum absolute atomic E-state index is 11.7. The Balaban J connectivity index is 2.12. The molecule has 0 saturated carbocycles. The lowest BCUT2D eigenvalue weighted by atomic mass is 10.2. The van der Waals surface area contributed by atoms with E-state index in [1.165, 1.54) is 17.3 Å². The highest BCUT2D eigenvalue weighted by Gasteiger charge is 2.17. The van der Waals surface area contributed by atoms with E-state index in [1.807, 2.05) is 42.1 Å². The molecule has 2 heterocycles. The molecule has 6 nitrogen and oxygen atoms in total. The second-order valence-corrected chi connectivity index (χ2v) is 4.41. The lowest BCUT2D eigenvalue weighted by molar-refractivity contribution is 0.256. The van der Waals surface area contributed by atoms with E-state index in [4.69, 9.17) is 5.73 Å². The van der Waals surface area contributed by atoms with Gasteiger partial charge in [-0.05, 0) is 24.3 Å². The summed E-state index contributed by atoms with van der Waals surface area (Å²) in [6.45, 7) is 0. The van der Waals surface area contributed by atoms with Crippen molar-refractivity contribution in [1.82, 2.24) is 14.5 Å². The van der Waals surface area contributed by atoms with Crippen LogP contribution in [0.15, 0.2) is 49.1 Å². The maximum Gasteiger partial charge on any atom is 0.325 e. The predicted octanol–water partition coefficient (Wildman–Crippen LogP) is 2.19. The Morgan fingerprint density at radius 2 is 2.15 bits per heavy atom. The third-order valence-corrected chi connectivity index (χ3v) is 3.13. The van der Waals surface area contributed by atoms with E-state index in [-0.39, 0.29) is 0 Å². The molecule has 0 aliphatic carbocycles. The lowest BCUT2D eigenvalue weighted by Gasteiger charge is -2.19. The van der Waals surface area contributed by atoms with Crippen LogP contribution in [0.4, 0.5) is 16.3 Å². The number of aryl methyl sites for hydroxylation is 1. The Bertz CT molecular complexity index is 766. The molecule has 3 aromatic rings. The van der Waals surface area contributed by atoms with Crippen LogP contribution in [0, 0.1) is 0 Å². The van der Waals surface area contributed by atoms with Crippen LogP contribution in [0.2, 0.25) is 0 Å². The van der Waals surface area contributed by atoms with Crippen molar-refractivity contribution in [2.24, 2.45) is 12.8 Å². The van der Waals surface area contributed by atoms with Gasteiger partial charge in [0.2, 0.25) is 0 Å². The Morgan fingerprint density at radius 1 is 1.30 bits per heavy atom. The third kappa shape index (κ3) is 1.97. The van der Waals surface area contributed by atoms with Crippen LogP contribution in [-0.4, -0.2) is 20.6 Å². The molecule has 20 heavy (non-hydrogen) atoms. The molecule has 6 heteroatoms. The van der Waals surface area contributed by atoms with Crippen LogP contribution in [0.1, 0.15) is 0 Å². The number of carbonyl (C=O) groups is 1. The van der Waals surface area contributed by atoms with Crippen molar-refractivity contribution in [3.63, 3.8) is 0 Å². The standard InChI is InChI=1S/C14H13N5O/c1-18-7-4-10-8-11(2-3-12(10)18)19(14(15)20)13-9-16-5-6-17-13/h2-9H,1H3,(H2,15,20). The molecule has 0 atom stereocenters. The van der Waals surface area contributed by atoms with E-state index in [0.29, 0.717) is 11.5 Å². The van der Waals surface area contributed by atoms with Gasteiger partial charge in [-0.25, -0.2) is 14.7 Å². The van der Waals surface area contributed by atoms with Gasteiger partial charge in [-0.1, -0.05) is 0 Å². The van der Waals surface area contributed by atoms with Crippen molar-refractivity contribution in [1.29, 1.82) is 0 Å². The number of anilines is 2. The number of amides is 2. The third-order valence-electron chi connectivity index (χ3n) is 3.13. The highest BCUT2D eigenvalue weighted by atomic mass is 16.2. The summed E-state index contributed by atoms with van der Waals surface area (Å²) >= 11 is 0. The van der Waals surface area contributed by atoms with Crippen LogP contribution in [0.5, 0.6) is 0 Å². The summed E-state index contributed by atoms with van der Waals surface area (Å²) in [4.78, 5) is 21.1. The fraction of sp³-hybridized carbons (Fsp3) is 0.0714. The summed E-state index contributed by atoms with van der Waals surface area (Å²) in [7, 11) is 1.97. The maximum atomic E-state index is 11.7. The topological polar surface area (TPSA) is 77.0 Å². The Kier molecular flexibility index (Phi) is 2.83. The molecule has 0 saturated heterocycles. The van der Waals surface area contributed by atoms with Crippen molar-refractivity contribution in [3.8, 4) is 0 Å². The average molecular weight is 267 g/mol. The van der Waals surface area contributed by atoms with Crippen LogP contribution in [0.25, 0.3) is 10.9 Å². The van der Waals surface area contributed by atoms with Gasteiger partial charge in [-0.3, -0.25) is 4.98 Å². The van der Waals surface area contributed by atoms with Gasteiger partial charge < -0.3 is 10.3 Å². The molecule has 0 aliphatic heterocycles. The molecule has 0 spiro atoms. The summed E-state index contributed by atoms with van der Waals surface area (Å²) in [6.07, 6.45) is 6.53. The van der Waals surface area contributed by atoms with Crippen molar-refractivity contribution in [2.75, 3.05) is 4.90 Å². The molecule has 2 aromatic heterocycles. The molecule has 1 aromatic carbocycles. The fourth-order valence-electron chi connectivity index (χ4n) is 2.19. The molecule has 0 fully saturated rings. The number of hydrogen-bond acceptors (Lipinski definition) is 3. The van der Waals surface area contributed by atoms with Crippen LogP contribution >= 0.6 is 0 Å². The Labute approximate surface area is 115 Å². The largest absolute Gasteiger partial charge is 0.351 e. The van der Waals surface area contributed by atoms with Gasteiger partial charge in [0.1, 0.15) is 0 Å². The summed E-state index contributed by atoms with van der Waals surface area (Å²) in [5, 5.41) is 1.03. The van der Waals surface area contributed by atoms with Gasteiger partial charge in [0.25, 0.3) is 0 Å². The van der Waals surface area contributed by atoms with Gasteiger partial charge >= 0.3 is 6.03 Å². The minimum Gasteiger partial charge on any atom is -0.351 e.